The third-order valence-corrected chi connectivity index (χ3v) is 3.43. The van der Waals surface area contributed by atoms with Crippen molar-refractivity contribution in [1.82, 2.24) is 10.2 Å². The van der Waals surface area contributed by atoms with Crippen molar-refractivity contribution < 1.29 is 23.2 Å². The molecule has 1 saturated heterocycles. The molecule has 1 fully saturated rings. The van der Waals surface area contributed by atoms with Gasteiger partial charge in [0.25, 0.3) is 5.91 Å². The zero-order valence-corrected chi connectivity index (χ0v) is 11.6. The number of hydrogen-bond acceptors (Lipinski definition) is 3. The van der Waals surface area contributed by atoms with Gasteiger partial charge in [0.05, 0.1) is 0 Å². The third-order valence-electron chi connectivity index (χ3n) is 3.43. The molecular weight excluding hydrogens is 282 g/mol. The summed E-state index contributed by atoms with van der Waals surface area (Å²) < 4.78 is 26.8. The van der Waals surface area contributed by atoms with Gasteiger partial charge in [0.1, 0.15) is 23.0 Å². The maximum atomic E-state index is 13.9. The van der Waals surface area contributed by atoms with Crippen LogP contribution in [0.15, 0.2) is 18.2 Å². The molecule has 0 bridgehead atoms. The summed E-state index contributed by atoms with van der Waals surface area (Å²) in [5.74, 6) is -2.53. The molecule has 0 radical (unpaired) electrons. The second-order valence-corrected chi connectivity index (χ2v) is 5.09. The first-order valence-corrected chi connectivity index (χ1v) is 6.35. The van der Waals surface area contributed by atoms with Gasteiger partial charge in [-0.25, -0.2) is 13.6 Å². The van der Waals surface area contributed by atoms with Crippen LogP contribution in [0, 0.1) is 11.6 Å². The molecule has 21 heavy (non-hydrogen) atoms. The molecule has 1 aliphatic rings. The number of imide groups is 1. The standard InChI is InChI=1S/C14H14F2N2O3/c1-8(19)5-6-18-12(20)14(2,17-13(18)21)10-4-3-9(15)7-11(10)16/h3-4,7H,5-6H2,1-2H3,(H,17,21)/t14-/m1/s1. The lowest BCUT2D eigenvalue weighted by molar-refractivity contribution is -0.131. The van der Waals surface area contributed by atoms with Gasteiger partial charge in [-0.15, -0.1) is 0 Å². The van der Waals surface area contributed by atoms with Crippen LogP contribution < -0.4 is 5.32 Å². The van der Waals surface area contributed by atoms with Crippen LogP contribution in [0.4, 0.5) is 13.6 Å². The Morgan fingerprint density at radius 2 is 2.00 bits per heavy atom. The molecule has 0 aliphatic carbocycles. The number of urea groups is 1. The van der Waals surface area contributed by atoms with Crippen molar-refractivity contribution in [3.05, 3.63) is 35.4 Å². The van der Waals surface area contributed by atoms with E-state index < -0.39 is 29.1 Å². The van der Waals surface area contributed by atoms with Crippen LogP contribution >= 0.6 is 0 Å². The first-order chi connectivity index (χ1) is 9.75. The molecule has 2 rings (SSSR count). The SMILES string of the molecule is CC(=O)CCN1C(=O)N[C@](C)(c2ccc(F)cc2F)C1=O. The number of amides is 3. The predicted octanol–water partition coefficient (Wildman–Crippen LogP) is 1.71. The maximum absolute atomic E-state index is 13.9. The largest absolute Gasteiger partial charge is 0.325 e. The molecule has 0 aromatic heterocycles. The number of rotatable bonds is 4. The molecule has 1 aliphatic heterocycles. The van der Waals surface area contributed by atoms with Crippen molar-refractivity contribution in [2.75, 3.05) is 6.54 Å². The van der Waals surface area contributed by atoms with Gasteiger partial charge in [0.15, 0.2) is 0 Å². The molecule has 5 nitrogen and oxygen atoms in total. The molecule has 0 saturated carbocycles. The zero-order valence-electron chi connectivity index (χ0n) is 11.6. The normalized spacial score (nSPS) is 21.6. The van der Waals surface area contributed by atoms with Crippen LogP contribution in [0.1, 0.15) is 25.8 Å². The molecule has 112 valence electrons. The number of benzene rings is 1. The molecule has 7 heteroatoms. The summed E-state index contributed by atoms with van der Waals surface area (Å²) in [5, 5.41) is 2.39. The van der Waals surface area contributed by atoms with Crippen molar-refractivity contribution >= 4 is 17.7 Å². The van der Waals surface area contributed by atoms with Crippen LogP contribution in [0.25, 0.3) is 0 Å². The number of nitrogens with zero attached hydrogens (tertiary/aromatic N) is 1. The van der Waals surface area contributed by atoms with E-state index >= 15 is 0 Å². The molecule has 1 N–H and O–H groups in total. The Morgan fingerprint density at radius 1 is 1.33 bits per heavy atom. The van der Waals surface area contributed by atoms with Crippen molar-refractivity contribution in [2.24, 2.45) is 0 Å². The summed E-state index contributed by atoms with van der Waals surface area (Å²) in [7, 11) is 0. The minimum Gasteiger partial charge on any atom is -0.319 e. The number of hydrogen-bond donors (Lipinski definition) is 1. The molecule has 1 aromatic carbocycles. The molecule has 1 aromatic rings. The molecule has 3 amide bonds. The number of Topliss-reactive ketones (excluding diaryl/α,β-unsaturated/α-hetero) is 1. The quantitative estimate of drug-likeness (QED) is 0.860. The number of carbonyl (C=O) groups is 3. The van der Waals surface area contributed by atoms with E-state index in [0.29, 0.717) is 6.07 Å². The zero-order chi connectivity index (χ0) is 15.8. The van der Waals surface area contributed by atoms with Crippen molar-refractivity contribution in [1.29, 1.82) is 0 Å². The van der Waals surface area contributed by atoms with Crippen LogP contribution in [0.5, 0.6) is 0 Å². The van der Waals surface area contributed by atoms with Crippen LogP contribution in [-0.2, 0) is 15.1 Å². The third kappa shape index (κ3) is 2.63. The number of carbonyl (C=O) groups excluding carboxylic acids is 3. The van der Waals surface area contributed by atoms with Crippen LogP contribution in [0.2, 0.25) is 0 Å². The first-order valence-electron chi connectivity index (χ1n) is 6.35. The predicted molar refractivity (Wildman–Crippen MR) is 69.3 cm³/mol. The van der Waals surface area contributed by atoms with Gasteiger partial charge in [-0.1, -0.05) is 6.07 Å². The summed E-state index contributed by atoms with van der Waals surface area (Å²) >= 11 is 0. The lowest BCUT2D eigenvalue weighted by atomic mass is 9.91. The van der Waals surface area contributed by atoms with E-state index in [2.05, 4.69) is 5.32 Å². The number of nitrogens with one attached hydrogen (secondary N) is 1. The van der Waals surface area contributed by atoms with E-state index in [9.17, 15) is 23.2 Å². The molecule has 1 heterocycles. The van der Waals surface area contributed by atoms with Gasteiger partial charge in [-0.05, 0) is 19.9 Å². The number of halogens is 2. The average molecular weight is 296 g/mol. The Morgan fingerprint density at radius 3 is 2.57 bits per heavy atom. The summed E-state index contributed by atoms with van der Waals surface area (Å²) in [4.78, 5) is 36.0. The van der Waals surface area contributed by atoms with E-state index in [-0.39, 0.29) is 24.3 Å². The van der Waals surface area contributed by atoms with Gasteiger partial charge in [-0.3, -0.25) is 14.5 Å². The summed E-state index contributed by atoms with van der Waals surface area (Å²) in [6.45, 7) is 2.62. The van der Waals surface area contributed by atoms with Gasteiger partial charge in [0.2, 0.25) is 0 Å². The van der Waals surface area contributed by atoms with E-state index in [1.165, 1.54) is 13.8 Å². The minimum absolute atomic E-state index is 0.0289. The van der Waals surface area contributed by atoms with E-state index in [1.54, 1.807) is 0 Å². The highest BCUT2D eigenvalue weighted by Gasteiger charge is 2.50. The fourth-order valence-electron chi connectivity index (χ4n) is 2.25. The summed E-state index contributed by atoms with van der Waals surface area (Å²) in [6, 6.07) is 2.09. The van der Waals surface area contributed by atoms with E-state index in [4.69, 9.17) is 0 Å². The fourth-order valence-corrected chi connectivity index (χ4v) is 2.25. The van der Waals surface area contributed by atoms with Gasteiger partial charge in [0, 0.05) is 24.6 Å². The highest BCUT2D eigenvalue weighted by molar-refractivity contribution is 6.07. The van der Waals surface area contributed by atoms with Crippen LogP contribution in [-0.4, -0.2) is 29.2 Å². The van der Waals surface area contributed by atoms with Gasteiger partial charge < -0.3 is 5.32 Å². The summed E-state index contributed by atoms with van der Waals surface area (Å²) in [5.41, 5.74) is -1.72. The van der Waals surface area contributed by atoms with Crippen molar-refractivity contribution in [3.8, 4) is 0 Å². The Hall–Kier alpha value is -2.31. The second-order valence-electron chi connectivity index (χ2n) is 5.09. The Kier molecular flexibility index (Phi) is 3.76. The van der Waals surface area contributed by atoms with Crippen LogP contribution in [0.3, 0.4) is 0 Å². The topological polar surface area (TPSA) is 66.5 Å². The van der Waals surface area contributed by atoms with E-state index in [1.807, 2.05) is 0 Å². The molecule has 0 spiro atoms. The smallest absolute Gasteiger partial charge is 0.319 e. The van der Waals surface area contributed by atoms with Crippen molar-refractivity contribution in [2.45, 2.75) is 25.8 Å². The highest BCUT2D eigenvalue weighted by Crippen LogP contribution is 2.31. The monoisotopic (exact) mass is 296 g/mol. The maximum Gasteiger partial charge on any atom is 0.325 e. The minimum atomic E-state index is -1.61. The first kappa shape index (κ1) is 15.1. The molecular formula is C14H14F2N2O3. The fraction of sp³-hybridized carbons (Fsp3) is 0.357. The molecule has 1 atom stereocenters. The lowest BCUT2D eigenvalue weighted by Gasteiger charge is -2.22. The summed E-state index contributed by atoms with van der Waals surface area (Å²) in [6.07, 6.45) is 0.0289. The van der Waals surface area contributed by atoms with E-state index in [0.717, 1.165) is 17.0 Å². The Balaban J connectivity index is 2.33. The average Bonchev–Trinajstić information content (AvgIpc) is 2.58. The highest BCUT2D eigenvalue weighted by atomic mass is 19.1. The lowest BCUT2D eigenvalue weighted by Crippen LogP contribution is -2.41. The molecule has 0 unspecified atom stereocenters. The number of ketones is 1. The Labute approximate surface area is 119 Å². The second kappa shape index (κ2) is 5.23. The van der Waals surface area contributed by atoms with Gasteiger partial charge in [-0.2, -0.15) is 0 Å². The van der Waals surface area contributed by atoms with Gasteiger partial charge >= 0.3 is 6.03 Å². The van der Waals surface area contributed by atoms with Crippen molar-refractivity contribution in [3.63, 3.8) is 0 Å². The Bertz CT molecular complexity index is 633.